The lowest BCUT2D eigenvalue weighted by molar-refractivity contribution is -0.162. The zero-order valence-corrected chi connectivity index (χ0v) is 24.6. The number of carbonyl (C=O) groups excluding carboxylic acids is 2. The molecule has 8 nitrogen and oxygen atoms in total. The fourth-order valence-corrected chi connectivity index (χ4v) is 5.05. The Morgan fingerprint density at radius 2 is 1.87 bits per heavy atom. The molecular weight excluding hydrogens is 496 g/mol. The summed E-state index contributed by atoms with van der Waals surface area (Å²) in [6, 6.07) is 9.35. The fraction of sp³-hybridized carbons (Fsp3) is 0.677. The van der Waals surface area contributed by atoms with Crippen LogP contribution in [0.2, 0.25) is 0 Å². The van der Waals surface area contributed by atoms with Crippen LogP contribution in [0.15, 0.2) is 42.0 Å². The van der Waals surface area contributed by atoms with Gasteiger partial charge in [0, 0.05) is 25.1 Å². The lowest BCUT2D eigenvalue weighted by Crippen LogP contribution is -2.49. The Hall–Kier alpha value is -2.42. The number of hydrogen-bond donors (Lipinski definition) is 1. The third-order valence-corrected chi connectivity index (χ3v) is 6.97. The molecule has 39 heavy (non-hydrogen) atoms. The van der Waals surface area contributed by atoms with Crippen LogP contribution in [0.4, 0.5) is 4.79 Å². The van der Waals surface area contributed by atoms with Gasteiger partial charge in [0.15, 0.2) is 6.29 Å². The zero-order chi connectivity index (χ0) is 28.4. The molecule has 8 heteroatoms. The molecule has 0 aromatic heterocycles. The molecule has 218 valence electrons. The molecule has 0 spiro atoms. The molecule has 1 aromatic carbocycles. The average molecular weight is 545 g/mol. The summed E-state index contributed by atoms with van der Waals surface area (Å²) in [7, 11) is 0. The van der Waals surface area contributed by atoms with E-state index in [1.807, 2.05) is 50.3 Å². The van der Waals surface area contributed by atoms with E-state index in [0.717, 1.165) is 24.8 Å². The number of ether oxygens (including phenoxy) is 4. The van der Waals surface area contributed by atoms with E-state index < -0.39 is 17.9 Å². The molecule has 3 rings (SSSR count). The van der Waals surface area contributed by atoms with E-state index >= 15 is 0 Å². The summed E-state index contributed by atoms with van der Waals surface area (Å²) >= 11 is 0. The van der Waals surface area contributed by atoms with Crippen LogP contribution in [0.1, 0.15) is 79.2 Å². The number of carbonyl (C=O) groups is 2. The Morgan fingerprint density at radius 3 is 2.51 bits per heavy atom. The van der Waals surface area contributed by atoms with E-state index in [-0.39, 0.29) is 24.8 Å². The highest BCUT2D eigenvalue weighted by Gasteiger charge is 2.50. The molecule has 0 radical (unpaired) electrons. The van der Waals surface area contributed by atoms with Crippen molar-refractivity contribution in [3.63, 3.8) is 0 Å². The monoisotopic (exact) mass is 544 g/mol. The SMILES string of the molecule is CC(C)CNC(=O)C(=C[C@@H]1OC(C)(C)N(C(=O)OCc2ccccc2)[C@H]1CC(C)C)CCOC1CCCCO1. The predicted octanol–water partition coefficient (Wildman–Crippen LogP) is 5.81. The molecule has 2 aliphatic heterocycles. The Kier molecular flexibility index (Phi) is 11.8. The van der Waals surface area contributed by atoms with Gasteiger partial charge in [-0.2, -0.15) is 0 Å². The van der Waals surface area contributed by atoms with Gasteiger partial charge in [-0.05, 0) is 63.0 Å². The Labute approximate surface area is 234 Å². The Balaban J connectivity index is 1.79. The fourth-order valence-electron chi connectivity index (χ4n) is 5.05. The quantitative estimate of drug-likeness (QED) is 0.335. The molecule has 2 fully saturated rings. The first-order valence-electron chi connectivity index (χ1n) is 14.5. The summed E-state index contributed by atoms with van der Waals surface area (Å²) < 4.78 is 23.8. The summed E-state index contributed by atoms with van der Waals surface area (Å²) in [5.41, 5.74) is 0.618. The van der Waals surface area contributed by atoms with Crippen molar-refractivity contribution in [3.05, 3.63) is 47.5 Å². The van der Waals surface area contributed by atoms with Gasteiger partial charge in [-0.1, -0.05) is 58.0 Å². The van der Waals surface area contributed by atoms with Gasteiger partial charge in [0.1, 0.15) is 12.3 Å². The van der Waals surface area contributed by atoms with Crippen molar-refractivity contribution in [1.29, 1.82) is 0 Å². The minimum Gasteiger partial charge on any atom is -0.444 e. The maximum Gasteiger partial charge on any atom is 0.412 e. The van der Waals surface area contributed by atoms with Gasteiger partial charge in [0.05, 0.1) is 18.8 Å². The highest BCUT2D eigenvalue weighted by atomic mass is 16.7. The van der Waals surface area contributed by atoms with Crippen molar-refractivity contribution in [2.45, 2.75) is 104 Å². The van der Waals surface area contributed by atoms with Crippen LogP contribution in [-0.2, 0) is 30.3 Å². The molecule has 0 bridgehead atoms. The van der Waals surface area contributed by atoms with Gasteiger partial charge in [0.2, 0.25) is 5.91 Å². The molecule has 0 aliphatic carbocycles. The molecule has 3 atom stereocenters. The van der Waals surface area contributed by atoms with Crippen molar-refractivity contribution in [2.24, 2.45) is 11.8 Å². The van der Waals surface area contributed by atoms with Crippen molar-refractivity contribution in [1.82, 2.24) is 10.2 Å². The van der Waals surface area contributed by atoms with Gasteiger partial charge in [-0.15, -0.1) is 0 Å². The third kappa shape index (κ3) is 9.62. The number of hydrogen-bond acceptors (Lipinski definition) is 6. The van der Waals surface area contributed by atoms with E-state index in [9.17, 15) is 9.59 Å². The van der Waals surface area contributed by atoms with Crippen LogP contribution < -0.4 is 5.32 Å². The van der Waals surface area contributed by atoms with Crippen LogP contribution in [0.5, 0.6) is 0 Å². The second kappa shape index (κ2) is 14.8. The minimum atomic E-state index is -0.902. The molecule has 1 aromatic rings. The van der Waals surface area contributed by atoms with E-state index in [4.69, 9.17) is 18.9 Å². The number of nitrogens with zero attached hydrogens (tertiary/aromatic N) is 1. The standard InChI is InChI=1S/C31H48N2O6/c1-22(2)18-26-27(39-31(5,6)33(26)30(35)38-21-24-12-8-7-9-13-24)19-25(29(34)32-20-23(3)4)15-17-37-28-14-10-11-16-36-28/h7-9,12-13,19,22-23,26-28H,10-11,14-18,20-21H2,1-6H3,(H,32,34)/t26-,27-,28?/m0/s1. The highest BCUT2D eigenvalue weighted by molar-refractivity contribution is 5.93. The Bertz CT molecular complexity index is 940. The highest BCUT2D eigenvalue weighted by Crippen LogP contribution is 2.37. The van der Waals surface area contributed by atoms with E-state index in [1.165, 1.54) is 0 Å². The van der Waals surface area contributed by atoms with Crippen LogP contribution in [0.25, 0.3) is 0 Å². The molecule has 0 saturated carbocycles. The third-order valence-electron chi connectivity index (χ3n) is 6.97. The second-order valence-electron chi connectivity index (χ2n) is 11.8. The summed E-state index contributed by atoms with van der Waals surface area (Å²) in [6.07, 6.45) is 4.93. The van der Waals surface area contributed by atoms with Gasteiger partial charge in [-0.3, -0.25) is 9.69 Å². The topological polar surface area (TPSA) is 86.3 Å². The van der Waals surface area contributed by atoms with Crippen molar-refractivity contribution >= 4 is 12.0 Å². The molecule has 2 amide bonds. The summed E-state index contributed by atoms with van der Waals surface area (Å²) in [4.78, 5) is 28.4. The normalized spacial score (nSPS) is 23.3. The zero-order valence-electron chi connectivity index (χ0n) is 24.6. The van der Waals surface area contributed by atoms with Crippen LogP contribution in [0.3, 0.4) is 0 Å². The van der Waals surface area contributed by atoms with Crippen LogP contribution >= 0.6 is 0 Å². The van der Waals surface area contributed by atoms with E-state index in [1.54, 1.807) is 4.90 Å². The van der Waals surface area contributed by atoms with Crippen molar-refractivity contribution in [2.75, 3.05) is 19.8 Å². The first-order valence-corrected chi connectivity index (χ1v) is 14.5. The molecular formula is C31H48N2O6. The lowest BCUT2D eigenvalue weighted by atomic mass is 9.96. The van der Waals surface area contributed by atoms with E-state index in [0.29, 0.717) is 50.0 Å². The van der Waals surface area contributed by atoms with Gasteiger partial charge in [0.25, 0.3) is 0 Å². The summed E-state index contributed by atoms with van der Waals surface area (Å²) in [5, 5.41) is 3.04. The first kappa shape index (κ1) is 31.1. The van der Waals surface area contributed by atoms with E-state index in [2.05, 4.69) is 33.0 Å². The molecule has 1 N–H and O–H groups in total. The van der Waals surface area contributed by atoms with Crippen LogP contribution in [-0.4, -0.2) is 60.8 Å². The Morgan fingerprint density at radius 1 is 1.13 bits per heavy atom. The minimum absolute atomic E-state index is 0.133. The molecule has 1 unspecified atom stereocenters. The lowest BCUT2D eigenvalue weighted by Gasteiger charge is -2.33. The largest absolute Gasteiger partial charge is 0.444 e. The maximum absolute atomic E-state index is 13.4. The van der Waals surface area contributed by atoms with Crippen molar-refractivity contribution < 1.29 is 28.5 Å². The molecule has 2 saturated heterocycles. The smallest absolute Gasteiger partial charge is 0.412 e. The predicted molar refractivity (Wildman–Crippen MR) is 151 cm³/mol. The number of benzene rings is 1. The summed E-state index contributed by atoms with van der Waals surface area (Å²) in [6.45, 7) is 14.0. The maximum atomic E-state index is 13.4. The van der Waals surface area contributed by atoms with Gasteiger partial charge >= 0.3 is 6.09 Å². The second-order valence-corrected chi connectivity index (χ2v) is 11.8. The van der Waals surface area contributed by atoms with Crippen LogP contribution in [0, 0.1) is 11.8 Å². The summed E-state index contributed by atoms with van der Waals surface area (Å²) in [5.74, 6) is 0.497. The van der Waals surface area contributed by atoms with Crippen molar-refractivity contribution in [3.8, 4) is 0 Å². The van der Waals surface area contributed by atoms with Gasteiger partial charge < -0.3 is 24.3 Å². The number of amides is 2. The molecule has 2 aliphatic rings. The molecule has 2 heterocycles. The van der Waals surface area contributed by atoms with Gasteiger partial charge in [-0.25, -0.2) is 4.79 Å². The number of nitrogens with one attached hydrogen (secondary N) is 1. The number of rotatable bonds is 12. The first-order chi connectivity index (χ1) is 18.6. The average Bonchev–Trinajstić information content (AvgIpc) is 3.14.